The van der Waals surface area contributed by atoms with E-state index >= 15 is 0 Å². The molecule has 0 aliphatic heterocycles. The van der Waals surface area contributed by atoms with Crippen molar-refractivity contribution >= 4 is 17.3 Å². The quantitative estimate of drug-likeness (QED) is 0.880. The van der Waals surface area contributed by atoms with Gasteiger partial charge in [0.25, 0.3) is 0 Å². The summed E-state index contributed by atoms with van der Waals surface area (Å²) in [5.74, 6) is 2.05. The summed E-state index contributed by atoms with van der Waals surface area (Å²) in [7, 11) is 3.29. The zero-order valence-electron chi connectivity index (χ0n) is 13.9. The van der Waals surface area contributed by atoms with Crippen molar-refractivity contribution < 1.29 is 9.47 Å². The predicted molar refractivity (Wildman–Crippen MR) is 92.5 cm³/mol. The molecule has 2 aromatic rings. The van der Waals surface area contributed by atoms with Crippen molar-refractivity contribution in [2.45, 2.75) is 20.3 Å². The molecule has 1 heterocycles. The van der Waals surface area contributed by atoms with Gasteiger partial charge in [-0.25, -0.2) is 4.98 Å². The lowest BCUT2D eigenvalue weighted by atomic mass is 9.99. The highest BCUT2D eigenvalue weighted by molar-refractivity contribution is 5.74. The number of nitrogens with two attached hydrogens (primary N) is 2. The second-order valence-corrected chi connectivity index (χ2v) is 5.16. The highest BCUT2D eigenvalue weighted by Gasteiger charge is 2.15. The van der Waals surface area contributed by atoms with Crippen LogP contribution in [0.4, 0.5) is 11.8 Å². The number of hydrogen-bond donors (Lipinski definition) is 2. The average molecular weight is 314 g/mol. The topological polar surface area (TPSA) is 96.3 Å². The summed E-state index contributed by atoms with van der Waals surface area (Å²) in [5, 5.41) is 0. The van der Waals surface area contributed by atoms with E-state index < -0.39 is 0 Å². The molecule has 4 N–H and O–H groups in total. The Morgan fingerprint density at radius 2 is 1.78 bits per heavy atom. The second-order valence-electron chi connectivity index (χ2n) is 5.16. The van der Waals surface area contributed by atoms with Crippen LogP contribution >= 0.6 is 0 Å². The van der Waals surface area contributed by atoms with Crippen LogP contribution in [0.5, 0.6) is 11.5 Å². The molecule has 0 unspecified atom stereocenters. The van der Waals surface area contributed by atoms with Gasteiger partial charge in [0.1, 0.15) is 17.3 Å². The van der Waals surface area contributed by atoms with E-state index in [1.54, 1.807) is 20.4 Å². The summed E-state index contributed by atoms with van der Waals surface area (Å²) in [4.78, 5) is 7.98. The lowest BCUT2D eigenvalue weighted by Crippen LogP contribution is -2.05. The Hall–Kier alpha value is -2.76. The second kappa shape index (κ2) is 7.00. The molecule has 0 fully saturated rings. The van der Waals surface area contributed by atoms with Gasteiger partial charge in [0.05, 0.1) is 19.8 Å². The Bertz CT molecular complexity index is 716. The molecule has 0 radical (unpaired) electrons. The number of hydrogen-bond acceptors (Lipinski definition) is 6. The summed E-state index contributed by atoms with van der Waals surface area (Å²) in [5.41, 5.74) is 15.3. The number of ether oxygens (including phenoxy) is 2. The molecule has 0 atom stereocenters. The van der Waals surface area contributed by atoms with E-state index in [0.717, 1.165) is 33.8 Å². The number of benzene rings is 1. The normalized spacial score (nSPS) is 11.4. The van der Waals surface area contributed by atoms with E-state index in [-0.39, 0.29) is 5.95 Å². The van der Waals surface area contributed by atoms with Crippen LogP contribution in [0.15, 0.2) is 24.4 Å². The molecule has 0 spiro atoms. The smallest absolute Gasteiger partial charge is 0.221 e. The van der Waals surface area contributed by atoms with E-state index in [9.17, 15) is 0 Å². The minimum atomic E-state index is 0.167. The molecular formula is C17H22N4O2. The average Bonchev–Trinajstić information content (AvgIpc) is 2.55. The van der Waals surface area contributed by atoms with Crippen LogP contribution in [0.2, 0.25) is 0 Å². The van der Waals surface area contributed by atoms with Crippen LogP contribution in [0.25, 0.3) is 5.57 Å². The lowest BCUT2D eigenvalue weighted by Gasteiger charge is -2.16. The molecule has 1 aromatic heterocycles. The predicted octanol–water partition coefficient (Wildman–Crippen LogP) is 2.67. The number of rotatable bonds is 5. The van der Waals surface area contributed by atoms with Crippen molar-refractivity contribution in [3.05, 3.63) is 41.1 Å². The van der Waals surface area contributed by atoms with Gasteiger partial charge in [-0.05, 0) is 37.1 Å². The van der Waals surface area contributed by atoms with Crippen LogP contribution in [0.3, 0.4) is 0 Å². The largest absolute Gasteiger partial charge is 0.496 e. The highest BCUT2D eigenvalue weighted by Crippen LogP contribution is 2.36. The van der Waals surface area contributed by atoms with Gasteiger partial charge in [0, 0.05) is 18.2 Å². The van der Waals surface area contributed by atoms with Crippen molar-refractivity contribution in [1.29, 1.82) is 0 Å². The maximum atomic E-state index is 5.91. The molecule has 23 heavy (non-hydrogen) atoms. The molecule has 0 saturated carbocycles. The van der Waals surface area contributed by atoms with Gasteiger partial charge in [-0.15, -0.1) is 0 Å². The van der Waals surface area contributed by atoms with Crippen LogP contribution < -0.4 is 20.9 Å². The molecule has 0 aliphatic carbocycles. The van der Waals surface area contributed by atoms with Gasteiger partial charge in [0.15, 0.2) is 0 Å². The first-order valence-corrected chi connectivity index (χ1v) is 7.25. The van der Waals surface area contributed by atoms with Crippen molar-refractivity contribution in [3.8, 4) is 11.5 Å². The summed E-state index contributed by atoms with van der Waals surface area (Å²) in [6.45, 7) is 4.00. The van der Waals surface area contributed by atoms with Crippen LogP contribution in [-0.2, 0) is 6.42 Å². The standard InChI is InChI=1S/C17H22N4O2/c1-5-10(2)15-13(22-3)7-11(8-14(15)23-4)6-12-9-20-17(19)21-16(12)18/h5,7-9H,6H2,1-4H3,(H4,18,19,20,21). The molecule has 6 nitrogen and oxygen atoms in total. The maximum Gasteiger partial charge on any atom is 0.221 e. The van der Waals surface area contributed by atoms with Crippen molar-refractivity contribution in [3.63, 3.8) is 0 Å². The number of nitrogen functional groups attached to an aromatic ring is 2. The van der Waals surface area contributed by atoms with Gasteiger partial charge in [-0.2, -0.15) is 4.98 Å². The first-order valence-electron chi connectivity index (χ1n) is 7.25. The Morgan fingerprint density at radius 1 is 1.17 bits per heavy atom. The molecule has 1 aromatic carbocycles. The number of aromatic nitrogens is 2. The third-order valence-corrected chi connectivity index (χ3v) is 3.70. The Balaban J connectivity index is 2.48. The van der Waals surface area contributed by atoms with E-state index in [1.807, 2.05) is 32.1 Å². The third kappa shape index (κ3) is 3.53. The summed E-state index contributed by atoms with van der Waals surface area (Å²) >= 11 is 0. The van der Waals surface area contributed by atoms with Crippen molar-refractivity contribution in [2.75, 3.05) is 25.7 Å². The number of methoxy groups -OCH3 is 2. The van der Waals surface area contributed by atoms with E-state index in [2.05, 4.69) is 9.97 Å². The maximum absolute atomic E-state index is 5.91. The molecule has 0 saturated heterocycles. The molecule has 0 aliphatic rings. The van der Waals surface area contributed by atoms with E-state index in [4.69, 9.17) is 20.9 Å². The van der Waals surface area contributed by atoms with Crippen LogP contribution in [0, 0.1) is 0 Å². The molecule has 6 heteroatoms. The SMILES string of the molecule is CC=C(C)c1c(OC)cc(Cc2cnc(N)nc2N)cc1OC. The van der Waals surface area contributed by atoms with Gasteiger partial charge < -0.3 is 20.9 Å². The summed E-state index contributed by atoms with van der Waals surface area (Å²) in [6, 6.07) is 3.95. The van der Waals surface area contributed by atoms with Crippen LogP contribution in [0.1, 0.15) is 30.5 Å². The first kappa shape index (κ1) is 16.6. The fraction of sp³-hybridized carbons (Fsp3) is 0.294. The van der Waals surface area contributed by atoms with Gasteiger partial charge in [0.2, 0.25) is 5.95 Å². The number of nitrogens with zero attached hydrogens (tertiary/aromatic N) is 2. The van der Waals surface area contributed by atoms with Crippen molar-refractivity contribution in [2.24, 2.45) is 0 Å². The van der Waals surface area contributed by atoms with E-state index in [0.29, 0.717) is 12.2 Å². The minimum Gasteiger partial charge on any atom is -0.496 e. The number of anilines is 2. The molecule has 0 bridgehead atoms. The van der Waals surface area contributed by atoms with Gasteiger partial charge >= 0.3 is 0 Å². The lowest BCUT2D eigenvalue weighted by molar-refractivity contribution is 0.391. The van der Waals surface area contributed by atoms with Gasteiger partial charge in [-0.1, -0.05) is 6.08 Å². The summed E-state index contributed by atoms with van der Waals surface area (Å²) < 4.78 is 11.1. The third-order valence-electron chi connectivity index (χ3n) is 3.70. The zero-order chi connectivity index (χ0) is 17.0. The fourth-order valence-corrected chi connectivity index (χ4v) is 2.39. The monoisotopic (exact) mass is 314 g/mol. The Morgan fingerprint density at radius 3 is 2.26 bits per heavy atom. The first-order chi connectivity index (χ1) is 11.0. The Labute approximate surface area is 136 Å². The fourth-order valence-electron chi connectivity index (χ4n) is 2.39. The molecule has 0 amide bonds. The Kier molecular flexibility index (Phi) is 5.05. The number of allylic oxidation sites excluding steroid dienone is 2. The molecular weight excluding hydrogens is 292 g/mol. The minimum absolute atomic E-state index is 0.167. The molecule has 122 valence electrons. The van der Waals surface area contributed by atoms with Gasteiger partial charge in [-0.3, -0.25) is 0 Å². The zero-order valence-corrected chi connectivity index (χ0v) is 13.9. The highest BCUT2D eigenvalue weighted by atomic mass is 16.5. The molecule has 2 rings (SSSR count). The van der Waals surface area contributed by atoms with Crippen LogP contribution in [-0.4, -0.2) is 24.2 Å². The summed E-state index contributed by atoms with van der Waals surface area (Å²) in [6.07, 6.45) is 4.22. The van der Waals surface area contributed by atoms with E-state index in [1.165, 1.54) is 0 Å². The van der Waals surface area contributed by atoms with Crippen molar-refractivity contribution in [1.82, 2.24) is 9.97 Å².